The molecule has 2 rings (SSSR count). The summed E-state index contributed by atoms with van der Waals surface area (Å²) >= 11 is 0. The Balaban J connectivity index is 2.02. The monoisotopic (exact) mass is 313 g/mol. The molecule has 1 amide bonds. The number of amides is 1. The summed E-state index contributed by atoms with van der Waals surface area (Å²) in [5.41, 5.74) is 0.757. The molecule has 0 bridgehead atoms. The number of benzene rings is 2. The molecule has 0 saturated heterocycles. The van der Waals surface area contributed by atoms with E-state index in [1.54, 1.807) is 0 Å². The van der Waals surface area contributed by atoms with Gasteiger partial charge in [-0.15, -0.1) is 0 Å². The van der Waals surface area contributed by atoms with Gasteiger partial charge in [0.2, 0.25) is 5.91 Å². The molecule has 8 heteroatoms. The molecular weight excluding hydrogens is 302 g/mol. The van der Waals surface area contributed by atoms with Crippen LogP contribution in [0, 0.1) is 20.2 Å². The lowest BCUT2D eigenvalue weighted by atomic mass is 10.2. The number of carbonyl (C=O) groups excluding carboxylic acids is 1. The number of rotatable bonds is 5. The van der Waals surface area contributed by atoms with Gasteiger partial charge in [0.25, 0.3) is 11.4 Å². The second-order valence-corrected chi connectivity index (χ2v) is 4.48. The molecule has 0 aliphatic carbocycles. The van der Waals surface area contributed by atoms with Crippen molar-refractivity contribution in [3.05, 3.63) is 80.4 Å². The van der Waals surface area contributed by atoms with Gasteiger partial charge in [-0.1, -0.05) is 6.07 Å². The van der Waals surface area contributed by atoms with Crippen molar-refractivity contribution in [1.82, 2.24) is 0 Å². The van der Waals surface area contributed by atoms with Crippen LogP contribution in [0.15, 0.2) is 54.6 Å². The van der Waals surface area contributed by atoms with Crippen LogP contribution in [0.5, 0.6) is 0 Å². The predicted octanol–water partition coefficient (Wildman–Crippen LogP) is 3.15. The fraction of sp³-hybridized carbons (Fsp3) is 0. The molecule has 0 saturated carbocycles. The quantitative estimate of drug-likeness (QED) is 0.517. The van der Waals surface area contributed by atoms with Gasteiger partial charge in [0.05, 0.1) is 9.85 Å². The van der Waals surface area contributed by atoms with Crippen LogP contribution in [0.4, 0.5) is 17.1 Å². The summed E-state index contributed by atoms with van der Waals surface area (Å²) in [5, 5.41) is 23.7. The molecule has 0 spiro atoms. The molecule has 0 radical (unpaired) electrons. The Hall–Kier alpha value is -3.55. The van der Waals surface area contributed by atoms with Gasteiger partial charge in [-0.2, -0.15) is 0 Å². The lowest BCUT2D eigenvalue weighted by Crippen LogP contribution is -2.07. The van der Waals surface area contributed by atoms with E-state index in [0.29, 0.717) is 11.3 Å². The number of nitrogens with one attached hydrogen (secondary N) is 1. The number of anilines is 1. The fourth-order valence-electron chi connectivity index (χ4n) is 1.76. The zero-order valence-electron chi connectivity index (χ0n) is 11.7. The van der Waals surface area contributed by atoms with Gasteiger partial charge in [0.1, 0.15) is 0 Å². The van der Waals surface area contributed by atoms with Gasteiger partial charge in [-0.3, -0.25) is 25.0 Å². The van der Waals surface area contributed by atoms with E-state index >= 15 is 0 Å². The Morgan fingerprint density at radius 3 is 2.22 bits per heavy atom. The van der Waals surface area contributed by atoms with Crippen molar-refractivity contribution in [3.8, 4) is 0 Å². The SMILES string of the molecule is O=C(/C=C/c1ccc([N+](=O)[O-])cc1)Nc1cccc([N+](=O)[O-])c1. The van der Waals surface area contributed by atoms with Crippen LogP contribution >= 0.6 is 0 Å². The van der Waals surface area contributed by atoms with Crippen LogP contribution in [0.3, 0.4) is 0 Å². The first-order valence-electron chi connectivity index (χ1n) is 6.44. The average molecular weight is 313 g/mol. The zero-order valence-corrected chi connectivity index (χ0v) is 11.7. The summed E-state index contributed by atoms with van der Waals surface area (Å²) in [6.45, 7) is 0. The molecule has 23 heavy (non-hydrogen) atoms. The summed E-state index contributed by atoms with van der Waals surface area (Å²) < 4.78 is 0. The molecule has 2 aromatic rings. The minimum Gasteiger partial charge on any atom is -0.322 e. The van der Waals surface area contributed by atoms with Gasteiger partial charge >= 0.3 is 0 Å². The number of nitro benzene ring substituents is 2. The van der Waals surface area contributed by atoms with E-state index in [9.17, 15) is 25.0 Å². The maximum atomic E-state index is 11.8. The molecule has 0 aliphatic rings. The predicted molar refractivity (Wildman–Crippen MR) is 83.9 cm³/mol. The Labute approximate surface area is 130 Å². The van der Waals surface area contributed by atoms with E-state index in [1.165, 1.54) is 60.7 Å². The lowest BCUT2D eigenvalue weighted by molar-refractivity contribution is -0.385. The van der Waals surface area contributed by atoms with E-state index in [-0.39, 0.29) is 11.4 Å². The van der Waals surface area contributed by atoms with Crippen molar-refractivity contribution in [2.45, 2.75) is 0 Å². The van der Waals surface area contributed by atoms with Crippen LogP contribution in [0.25, 0.3) is 6.08 Å². The number of nitro groups is 2. The van der Waals surface area contributed by atoms with Crippen LogP contribution < -0.4 is 5.32 Å². The van der Waals surface area contributed by atoms with Crippen LogP contribution in [0.2, 0.25) is 0 Å². The fourth-order valence-corrected chi connectivity index (χ4v) is 1.76. The first kappa shape index (κ1) is 15.8. The van der Waals surface area contributed by atoms with Crippen LogP contribution in [0.1, 0.15) is 5.56 Å². The molecular formula is C15H11N3O5. The largest absolute Gasteiger partial charge is 0.322 e. The minimum atomic E-state index is -0.553. The highest BCUT2D eigenvalue weighted by molar-refractivity contribution is 6.02. The van der Waals surface area contributed by atoms with Crippen LogP contribution in [-0.4, -0.2) is 15.8 Å². The number of nitrogens with zero attached hydrogens (tertiary/aromatic N) is 2. The third-order valence-corrected chi connectivity index (χ3v) is 2.86. The maximum Gasteiger partial charge on any atom is 0.271 e. The first-order chi connectivity index (χ1) is 11.0. The molecule has 0 fully saturated rings. The highest BCUT2D eigenvalue weighted by Gasteiger charge is 2.07. The molecule has 0 unspecified atom stereocenters. The Morgan fingerprint density at radius 1 is 0.957 bits per heavy atom. The van der Waals surface area contributed by atoms with Gasteiger partial charge in [0, 0.05) is 36.0 Å². The average Bonchev–Trinajstić information content (AvgIpc) is 2.53. The topological polar surface area (TPSA) is 115 Å². The smallest absolute Gasteiger partial charge is 0.271 e. The van der Waals surface area contributed by atoms with Crippen LogP contribution in [-0.2, 0) is 4.79 Å². The molecule has 116 valence electrons. The normalized spacial score (nSPS) is 10.4. The Bertz CT molecular complexity index is 784. The second-order valence-electron chi connectivity index (χ2n) is 4.48. The number of non-ortho nitro benzene ring substituents is 2. The van der Waals surface area contributed by atoms with Crippen molar-refractivity contribution in [3.63, 3.8) is 0 Å². The molecule has 2 aromatic carbocycles. The molecule has 1 N–H and O–H groups in total. The summed E-state index contributed by atoms with van der Waals surface area (Å²) in [7, 11) is 0. The molecule has 0 aliphatic heterocycles. The van der Waals surface area contributed by atoms with Gasteiger partial charge < -0.3 is 5.32 Å². The van der Waals surface area contributed by atoms with Crippen molar-refractivity contribution in [2.75, 3.05) is 5.32 Å². The van der Waals surface area contributed by atoms with Gasteiger partial charge in [-0.25, -0.2) is 0 Å². The minimum absolute atomic E-state index is 0.0387. The highest BCUT2D eigenvalue weighted by Crippen LogP contribution is 2.17. The van der Waals surface area contributed by atoms with Gasteiger partial charge in [0.15, 0.2) is 0 Å². The molecule has 0 aromatic heterocycles. The highest BCUT2D eigenvalue weighted by atomic mass is 16.6. The van der Waals surface area contributed by atoms with E-state index in [2.05, 4.69) is 5.32 Å². The van der Waals surface area contributed by atoms with E-state index < -0.39 is 15.8 Å². The molecule has 0 atom stereocenters. The Morgan fingerprint density at radius 2 is 1.61 bits per heavy atom. The summed E-state index contributed by atoms with van der Waals surface area (Å²) in [6, 6.07) is 11.2. The standard InChI is InChI=1S/C15H11N3O5/c19-15(16-12-2-1-3-14(10-12)18(22)23)9-6-11-4-7-13(8-5-11)17(20)21/h1-10H,(H,16,19)/b9-6+. The first-order valence-corrected chi connectivity index (χ1v) is 6.44. The Kier molecular flexibility index (Phi) is 4.78. The van der Waals surface area contributed by atoms with Crippen molar-refractivity contribution in [1.29, 1.82) is 0 Å². The summed E-state index contributed by atoms with van der Waals surface area (Å²) in [5.74, 6) is -0.469. The number of carbonyl (C=O) groups is 1. The van der Waals surface area contributed by atoms with Crippen molar-refractivity contribution < 1.29 is 14.6 Å². The van der Waals surface area contributed by atoms with Crippen molar-refractivity contribution >= 4 is 29.0 Å². The lowest BCUT2D eigenvalue weighted by Gasteiger charge is -2.01. The third-order valence-electron chi connectivity index (χ3n) is 2.86. The number of hydrogen-bond acceptors (Lipinski definition) is 5. The van der Waals surface area contributed by atoms with Gasteiger partial charge in [-0.05, 0) is 29.8 Å². The number of hydrogen-bond donors (Lipinski definition) is 1. The maximum absolute atomic E-state index is 11.8. The van der Waals surface area contributed by atoms with E-state index in [4.69, 9.17) is 0 Å². The van der Waals surface area contributed by atoms with Crippen molar-refractivity contribution in [2.24, 2.45) is 0 Å². The van der Waals surface area contributed by atoms with E-state index in [0.717, 1.165) is 0 Å². The second kappa shape index (κ2) is 6.94. The third kappa shape index (κ3) is 4.46. The van der Waals surface area contributed by atoms with E-state index in [1.807, 2.05) is 0 Å². The molecule has 8 nitrogen and oxygen atoms in total. The summed E-state index contributed by atoms with van der Waals surface area (Å²) in [4.78, 5) is 31.9. The summed E-state index contributed by atoms with van der Waals surface area (Å²) in [6.07, 6.45) is 2.72. The molecule has 0 heterocycles. The zero-order chi connectivity index (χ0) is 16.8.